The van der Waals surface area contributed by atoms with Crippen LogP contribution in [0.3, 0.4) is 0 Å². The van der Waals surface area contributed by atoms with E-state index in [0.29, 0.717) is 13.0 Å². The maximum Gasteiger partial charge on any atom is 0.306 e. The van der Waals surface area contributed by atoms with Crippen LogP contribution in [0.1, 0.15) is 154 Å². The predicted molar refractivity (Wildman–Crippen MR) is 162 cm³/mol. The van der Waals surface area contributed by atoms with Gasteiger partial charge in [0, 0.05) is 13.0 Å². The Bertz CT molecular complexity index is 604. The first-order chi connectivity index (χ1) is 19.9. The molecule has 0 aromatic heterocycles. The fourth-order valence-electron chi connectivity index (χ4n) is 5.97. The fraction of sp³-hybridized carbons (Fsp3) is 0.970. The molecule has 8 heteroatoms. The summed E-state index contributed by atoms with van der Waals surface area (Å²) in [5, 5.41) is 58.0. The summed E-state index contributed by atoms with van der Waals surface area (Å²) < 4.78 is 5.26. The maximum absolute atomic E-state index is 12.2. The number of carbonyl (C=O) groups is 1. The van der Waals surface area contributed by atoms with Crippen molar-refractivity contribution < 1.29 is 40.2 Å². The van der Waals surface area contributed by atoms with Crippen molar-refractivity contribution in [3.05, 3.63) is 0 Å². The van der Waals surface area contributed by atoms with Crippen molar-refractivity contribution in [3.63, 3.8) is 0 Å². The summed E-state index contributed by atoms with van der Waals surface area (Å²) in [5.41, 5.74) is 0. The van der Waals surface area contributed by atoms with E-state index >= 15 is 0 Å². The van der Waals surface area contributed by atoms with E-state index in [0.717, 1.165) is 25.7 Å². The third-order valence-electron chi connectivity index (χ3n) is 8.76. The molecule has 0 aromatic rings. The van der Waals surface area contributed by atoms with Crippen molar-refractivity contribution >= 4 is 5.97 Å². The smallest absolute Gasteiger partial charge is 0.306 e. The average molecular weight is 589 g/mol. The molecule has 0 amide bonds. The van der Waals surface area contributed by atoms with Gasteiger partial charge in [0.25, 0.3) is 0 Å². The molecule has 0 aromatic carbocycles. The Morgan fingerprint density at radius 1 is 0.439 bits per heavy atom. The zero-order chi connectivity index (χ0) is 30.1. The molecule has 8 nitrogen and oxygen atoms in total. The Balaban J connectivity index is 1.84. The van der Waals surface area contributed by atoms with Gasteiger partial charge in [-0.15, -0.1) is 0 Å². The van der Waals surface area contributed by atoms with Crippen LogP contribution in [-0.4, -0.2) is 80.3 Å². The van der Waals surface area contributed by atoms with Crippen molar-refractivity contribution in [1.82, 2.24) is 0 Å². The summed E-state index contributed by atoms with van der Waals surface area (Å²) in [6, 6.07) is 0. The Labute approximate surface area is 249 Å². The Morgan fingerprint density at radius 2 is 0.756 bits per heavy atom. The molecular weight excluding hydrogens is 524 g/mol. The Hall–Kier alpha value is -0.770. The van der Waals surface area contributed by atoms with Gasteiger partial charge in [0.1, 0.15) is 24.4 Å². The lowest BCUT2D eigenvalue weighted by Gasteiger charge is -2.42. The number of hydrogen-bond acceptors (Lipinski definition) is 8. The monoisotopic (exact) mass is 588 g/mol. The third kappa shape index (κ3) is 17.8. The highest BCUT2D eigenvalue weighted by atomic mass is 16.6. The van der Waals surface area contributed by atoms with E-state index < -0.39 is 49.0 Å². The minimum absolute atomic E-state index is 0.184. The van der Waals surface area contributed by atoms with Crippen LogP contribution in [0.2, 0.25) is 0 Å². The van der Waals surface area contributed by atoms with Crippen molar-refractivity contribution in [2.75, 3.05) is 13.2 Å². The Kier molecular flexibility index (Phi) is 24.0. The van der Waals surface area contributed by atoms with Gasteiger partial charge >= 0.3 is 5.97 Å². The molecule has 0 bridgehead atoms. The Morgan fingerprint density at radius 3 is 1.10 bits per heavy atom. The summed E-state index contributed by atoms with van der Waals surface area (Å²) >= 11 is 0. The zero-order valence-corrected chi connectivity index (χ0v) is 25.8. The minimum atomic E-state index is -1.63. The highest BCUT2D eigenvalue weighted by molar-refractivity contribution is 5.69. The number of ether oxygens (including phenoxy) is 1. The minimum Gasteiger partial charge on any atom is -0.459 e. The standard InChI is InChI=1S/C33H64O8/c34-25-23-21-19-17-15-13-11-9-7-5-3-1-2-4-6-8-10-12-14-16-18-20-22-24-28(36)41-33-27(26-35)29(37)30(38)31(39)32(33)40/h27,29-35,37-40H,1-26H2/t27-,29+,30-,31+,32-,33-/m1/s1. The molecule has 0 aliphatic heterocycles. The largest absolute Gasteiger partial charge is 0.459 e. The SMILES string of the molecule is O=C(CCCCCCCCCCCCCCCCCCCCCCCCCO)O[C@H]1[C@H](O)[C@@H](O)[C@H](O)[C@@H](O)[C@H]1CO. The molecule has 1 fully saturated rings. The van der Waals surface area contributed by atoms with E-state index in [1.807, 2.05) is 0 Å². The highest BCUT2D eigenvalue weighted by Crippen LogP contribution is 2.29. The van der Waals surface area contributed by atoms with E-state index in [2.05, 4.69) is 0 Å². The van der Waals surface area contributed by atoms with Gasteiger partial charge in [-0.25, -0.2) is 0 Å². The predicted octanol–water partition coefficient (Wildman–Crippen LogP) is 5.32. The van der Waals surface area contributed by atoms with Gasteiger partial charge in [-0.05, 0) is 12.8 Å². The molecule has 41 heavy (non-hydrogen) atoms. The number of rotatable bonds is 27. The maximum atomic E-state index is 12.2. The average Bonchev–Trinajstić information content (AvgIpc) is 2.97. The number of aliphatic hydroxyl groups excluding tert-OH is 6. The first-order valence-corrected chi connectivity index (χ1v) is 17.1. The van der Waals surface area contributed by atoms with E-state index in [4.69, 9.17) is 9.84 Å². The lowest BCUT2D eigenvalue weighted by molar-refractivity contribution is -0.222. The molecule has 1 aliphatic carbocycles. The van der Waals surface area contributed by atoms with Gasteiger partial charge in [-0.2, -0.15) is 0 Å². The summed E-state index contributed by atoms with van der Waals surface area (Å²) in [5.74, 6) is -1.57. The van der Waals surface area contributed by atoms with Crippen molar-refractivity contribution in [3.8, 4) is 0 Å². The van der Waals surface area contributed by atoms with Crippen molar-refractivity contribution in [2.24, 2.45) is 5.92 Å². The van der Waals surface area contributed by atoms with Crippen LogP contribution in [0.25, 0.3) is 0 Å². The summed E-state index contributed by atoms with van der Waals surface area (Å²) in [4.78, 5) is 12.2. The molecule has 0 spiro atoms. The van der Waals surface area contributed by atoms with Crippen molar-refractivity contribution in [1.29, 1.82) is 0 Å². The molecule has 0 radical (unpaired) electrons. The van der Waals surface area contributed by atoms with Crippen molar-refractivity contribution in [2.45, 2.75) is 185 Å². The number of aliphatic hydroxyl groups is 6. The van der Waals surface area contributed by atoms with Gasteiger partial charge in [0.05, 0.1) is 18.6 Å². The lowest BCUT2D eigenvalue weighted by atomic mass is 9.78. The number of unbranched alkanes of at least 4 members (excludes halogenated alkanes) is 22. The molecule has 244 valence electrons. The molecule has 1 saturated carbocycles. The summed E-state index contributed by atoms with van der Waals surface area (Å²) in [6.07, 6.45) is 21.5. The second-order valence-electron chi connectivity index (χ2n) is 12.4. The van der Waals surface area contributed by atoms with E-state index in [-0.39, 0.29) is 6.42 Å². The third-order valence-corrected chi connectivity index (χ3v) is 8.76. The number of esters is 1. The molecule has 0 heterocycles. The van der Waals surface area contributed by atoms with E-state index in [1.165, 1.54) is 116 Å². The first kappa shape index (κ1) is 38.3. The highest BCUT2D eigenvalue weighted by Gasteiger charge is 2.50. The second-order valence-corrected chi connectivity index (χ2v) is 12.4. The van der Waals surface area contributed by atoms with E-state index in [9.17, 15) is 30.3 Å². The second kappa shape index (κ2) is 25.7. The normalized spacial score (nSPS) is 24.5. The lowest BCUT2D eigenvalue weighted by Crippen LogP contribution is -2.62. The summed E-state index contributed by atoms with van der Waals surface area (Å²) in [7, 11) is 0. The van der Waals surface area contributed by atoms with Gasteiger partial charge < -0.3 is 35.4 Å². The fourth-order valence-corrected chi connectivity index (χ4v) is 5.97. The van der Waals surface area contributed by atoms with Crippen LogP contribution in [0.5, 0.6) is 0 Å². The molecular formula is C33H64O8. The number of hydrogen-bond donors (Lipinski definition) is 6. The molecule has 0 unspecified atom stereocenters. The van der Waals surface area contributed by atoms with Crippen LogP contribution >= 0.6 is 0 Å². The summed E-state index contributed by atoms with van der Waals surface area (Å²) in [6.45, 7) is -0.232. The molecule has 6 atom stereocenters. The number of carbonyl (C=O) groups excluding carboxylic acids is 1. The van der Waals surface area contributed by atoms with Crippen LogP contribution in [0, 0.1) is 5.92 Å². The zero-order valence-electron chi connectivity index (χ0n) is 25.8. The van der Waals surface area contributed by atoms with E-state index in [1.54, 1.807) is 0 Å². The van der Waals surface area contributed by atoms with Gasteiger partial charge in [-0.3, -0.25) is 4.79 Å². The molecule has 0 saturated heterocycles. The van der Waals surface area contributed by atoms with Gasteiger partial charge in [0.15, 0.2) is 0 Å². The van der Waals surface area contributed by atoms with Gasteiger partial charge in [0.2, 0.25) is 0 Å². The molecule has 1 aliphatic rings. The topological polar surface area (TPSA) is 148 Å². The van der Waals surface area contributed by atoms with Crippen LogP contribution < -0.4 is 0 Å². The van der Waals surface area contributed by atoms with Crippen LogP contribution in [0.15, 0.2) is 0 Å². The van der Waals surface area contributed by atoms with Crippen LogP contribution in [-0.2, 0) is 9.53 Å². The van der Waals surface area contributed by atoms with Crippen LogP contribution in [0.4, 0.5) is 0 Å². The molecule has 1 rings (SSSR count). The quantitative estimate of drug-likeness (QED) is 0.0558. The molecule has 6 N–H and O–H groups in total. The first-order valence-electron chi connectivity index (χ1n) is 17.1. The van der Waals surface area contributed by atoms with Gasteiger partial charge in [-0.1, -0.05) is 135 Å².